The quantitative estimate of drug-likeness (QED) is 0.699. The molecule has 3 unspecified atom stereocenters. The third-order valence-electron chi connectivity index (χ3n) is 2.83. The topological polar surface area (TPSA) is 24.4 Å². The molecule has 1 N–H and O–H groups in total. The minimum Gasteiger partial charge on any atom is -0.362 e. The molecule has 1 saturated carbocycles. The third kappa shape index (κ3) is 2.39. The van der Waals surface area contributed by atoms with Crippen molar-refractivity contribution in [1.29, 1.82) is 0 Å². The molecule has 2 nitrogen and oxygen atoms in total. The monoisotopic (exact) mass is 198 g/mol. The molecule has 1 aliphatic carbocycles. The molecule has 2 rings (SSSR count). The van der Waals surface area contributed by atoms with Crippen molar-refractivity contribution in [3.05, 3.63) is 0 Å². The van der Waals surface area contributed by atoms with Crippen molar-refractivity contribution in [2.24, 2.45) is 10.9 Å². The Morgan fingerprint density at radius 1 is 1.38 bits per heavy atom. The number of rotatable bonds is 1. The molecule has 3 atom stereocenters. The largest absolute Gasteiger partial charge is 0.362 e. The molecule has 1 aliphatic heterocycles. The van der Waals surface area contributed by atoms with Crippen molar-refractivity contribution in [1.82, 2.24) is 5.32 Å². The van der Waals surface area contributed by atoms with E-state index in [9.17, 15) is 0 Å². The van der Waals surface area contributed by atoms with E-state index >= 15 is 0 Å². The Morgan fingerprint density at radius 3 is 2.77 bits per heavy atom. The van der Waals surface area contributed by atoms with Gasteiger partial charge in [0.15, 0.2) is 5.17 Å². The first-order chi connectivity index (χ1) is 6.24. The number of amidine groups is 1. The van der Waals surface area contributed by atoms with Crippen LogP contribution >= 0.6 is 11.8 Å². The molecule has 2 aliphatic rings. The van der Waals surface area contributed by atoms with Gasteiger partial charge in [-0.2, -0.15) is 0 Å². The van der Waals surface area contributed by atoms with E-state index in [1.807, 2.05) is 11.8 Å². The van der Waals surface area contributed by atoms with Crippen molar-refractivity contribution in [3.63, 3.8) is 0 Å². The SMILES string of the molecule is CC1CCC(NC2=NCC(C)S2)C1. The number of hydrogen-bond donors (Lipinski definition) is 1. The van der Waals surface area contributed by atoms with Crippen LogP contribution in [-0.2, 0) is 0 Å². The lowest BCUT2D eigenvalue weighted by atomic mass is 10.1. The summed E-state index contributed by atoms with van der Waals surface area (Å²) in [6, 6.07) is 0.701. The van der Waals surface area contributed by atoms with Gasteiger partial charge in [-0.05, 0) is 25.2 Å². The number of nitrogens with one attached hydrogen (secondary N) is 1. The molecule has 0 aromatic heterocycles. The fraction of sp³-hybridized carbons (Fsp3) is 0.900. The van der Waals surface area contributed by atoms with Gasteiger partial charge in [-0.15, -0.1) is 0 Å². The molecular formula is C10H18N2S. The Hall–Kier alpha value is -0.180. The van der Waals surface area contributed by atoms with Crippen LogP contribution < -0.4 is 5.32 Å². The number of thioether (sulfide) groups is 1. The zero-order chi connectivity index (χ0) is 9.26. The van der Waals surface area contributed by atoms with Crippen molar-refractivity contribution in [2.45, 2.75) is 44.4 Å². The second kappa shape index (κ2) is 3.91. The first-order valence-corrected chi connectivity index (χ1v) is 6.09. The first kappa shape index (κ1) is 9.38. The highest BCUT2D eigenvalue weighted by Crippen LogP contribution is 2.26. The van der Waals surface area contributed by atoms with E-state index in [1.54, 1.807) is 0 Å². The zero-order valence-corrected chi connectivity index (χ0v) is 9.23. The Bertz CT molecular complexity index is 215. The van der Waals surface area contributed by atoms with Crippen LogP contribution in [0.5, 0.6) is 0 Å². The van der Waals surface area contributed by atoms with Crippen LogP contribution in [0.4, 0.5) is 0 Å². The van der Waals surface area contributed by atoms with Crippen LogP contribution in [-0.4, -0.2) is 23.0 Å². The Balaban J connectivity index is 1.79. The molecule has 3 heteroatoms. The zero-order valence-electron chi connectivity index (χ0n) is 8.42. The summed E-state index contributed by atoms with van der Waals surface area (Å²) < 4.78 is 0. The van der Waals surface area contributed by atoms with E-state index in [2.05, 4.69) is 24.2 Å². The Kier molecular flexibility index (Phi) is 2.82. The van der Waals surface area contributed by atoms with Crippen molar-refractivity contribution < 1.29 is 0 Å². The summed E-state index contributed by atoms with van der Waals surface area (Å²) in [5.41, 5.74) is 0. The molecule has 0 amide bonds. The highest BCUT2D eigenvalue weighted by molar-refractivity contribution is 8.14. The highest BCUT2D eigenvalue weighted by atomic mass is 32.2. The third-order valence-corrected chi connectivity index (χ3v) is 3.85. The molecule has 0 spiro atoms. The van der Waals surface area contributed by atoms with Crippen LogP contribution in [0.2, 0.25) is 0 Å². The lowest BCUT2D eigenvalue weighted by Crippen LogP contribution is -2.30. The molecule has 13 heavy (non-hydrogen) atoms. The van der Waals surface area contributed by atoms with Gasteiger partial charge in [-0.1, -0.05) is 25.6 Å². The predicted octanol–water partition coefficient (Wildman–Crippen LogP) is 2.26. The van der Waals surface area contributed by atoms with Gasteiger partial charge in [0.2, 0.25) is 0 Å². The van der Waals surface area contributed by atoms with E-state index in [0.29, 0.717) is 11.3 Å². The van der Waals surface area contributed by atoms with Gasteiger partial charge in [0.1, 0.15) is 0 Å². The summed E-state index contributed by atoms with van der Waals surface area (Å²) in [5, 5.41) is 5.42. The summed E-state index contributed by atoms with van der Waals surface area (Å²) in [6.07, 6.45) is 4.04. The van der Waals surface area contributed by atoms with Gasteiger partial charge >= 0.3 is 0 Å². The molecule has 0 saturated heterocycles. The summed E-state index contributed by atoms with van der Waals surface area (Å²) in [6.45, 7) is 5.57. The molecular weight excluding hydrogens is 180 g/mol. The van der Waals surface area contributed by atoms with Crippen LogP contribution in [0.15, 0.2) is 4.99 Å². The average Bonchev–Trinajstić information content (AvgIpc) is 2.62. The first-order valence-electron chi connectivity index (χ1n) is 5.21. The van der Waals surface area contributed by atoms with Gasteiger partial charge in [0.05, 0.1) is 6.54 Å². The minimum absolute atomic E-state index is 0.682. The van der Waals surface area contributed by atoms with Crippen LogP contribution in [0.1, 0.15) is 33.1 Å². The maximum Gasteiger partial charge on any atom is 0.157 e. The van der Waals surface area contributed by atoms with Crippen LogP contribution in [0, 0.1) is 5.92 Å². The second-order valence-corrected chi connectivity index (χ2v) is 5.76. The fourth-order valence-corrected chi connectivity index (χ4v) is 2.98. The summed E-state index contributed by atoms with van der Waals surface area (Å²) in [4.78, 5) is 4.47. The number of hydrogen-bond acceptors (Lipinski definition) is 3. The van der Waals surface area contributed by atoms with Crippen molar-refractivity contribution in [3.8, 4) is 0 Å². The van der Waals surface area contributed by atoms with Crippen LogP contribution in [0.3, 0.4) is 0 Å². The van der Waals surface area contributed by atoms with Crippen LogP contribution in [0.25, 0.3) is 0 Å². The summed E-state index contributed by atoms with van der Waals surface area (Å²) >= 11 is 1.89. The molecule has 0 bridgehead atoms. The van der Waals surface area contributed by atoms with Gasteiger partial charge < -0.3 is 5.32 Å². The molecule has 0 radical (unpaired) electrons. The summed E-state index contributed by atoms with van der Waals surface area (Å²) in [7, 11) is 0. The van der Waals surface area contributed by atoms with Gasteiger partial charge in [0.25, 0.3) is 0 Å². The van der Waals surface area contributed by atoms with E-state index in [0.717, 1.165) is 12.5 Å². The molecule has 0 aromatic rings. The van der Waals surface area contributed by atoms with Crippen molar-refractivity contribution in [2.75, 3.05) is 6.54 Å². The Labute approximate surface area is 84.6 Å². The standard InChI is InChI=1S/C10H18N2S/c1-7-3-4-9(5-7)12-10-11-6-8(2)13-10/h7-9H,3-6H2,1-2H3,(H,11,12). The lowest BCUT2D eigenvalue weighted by molar-refractivity contribution is 0.572. The Morgan fingerprint density at radius 2 is 2.23 bits per heavy atom. The number of nitrogens with zero attached hydrogens (tertiary/aromatic N) is 1. The normalized spacial score (nSPS) is 39.2. The van der Waals surface area contributed by atoms with Gasteiger partial charge in [0, 0.05) is 11.3 Å². The minimum atomic E-state index is 0.682. The fourth-order valence-electron chi connectivity index (χ4n) is 2.07. The highest BCUT2D eigenvalue weighted by Gasteiger charge is 2.24. The van der Waals surface area contributed by atoms with Gasteiger partial charge in [-0.3, -0.25) is 4.99 Å². The van der Waals surface area contributed by atoms with E-state index < -0.39 is 0 Å². The average molecular weight is 198 g/mol. The van der Waals surface area contributed by atoms with Gasteiger partial charge in [-0.25, -0.2) is 0 Å². The maximum atomic E-state index is 4.47. The van der Waals surface area contributed by atoms with E-state index in [4.69, 9.17) is 0 Å². The lowest BCUT2D eigenvalue weighted by Gasteiger charge is -2.12. The smallest absolute Gasteiger partial charge is 0.157 e. The van der Waals surface area contributed by atoms with Crippen molar-refractivity contribution >= 4 is 16.9 Å². The second-order valence-electron chi connectivity index (χ2n) is 4.33. The van der Waals surface area contributed by atoms with E-state index in [1.165, 1.54) is 24.4 Å². The molecule has 1 heterocycles. The molecule has 74 valence electrons. The molecule has 0 aromatic carbocycles. The van der Waals surface area contributed by atoms with E-state index in [-0.39, 0.29) is 0 Å². The predicted molar refractivity (Wildman–Crippen MR) is 59.3 cm³/mol. The summed E-state index contributed by atoms with van der Waals surface area (Å²) in [5.74, 6) is 0.905. The maximum absolute atomic E-state index is 4.47. The molecule has 1 fully saturated rings. The number of aliphatic imine (C=N–C) groups is 1.